The Bertz CT molecular complexity index is 377. The van der Waals surface area contributed by atoms with Crippen molar-refractivity contribution in [2.75, 3.05) is 11.5 Å². The Morgan fingerprint density at radius 3 is 2.59 bits per heavy atom. The number of hydrogen-bond acceptors (Lipinski definition) is 3. The number of fused-ring (bicyclic) bond motifs is 2. The molecule has 17 heavy (non-hydrogen) atoms. The third-order valence-electron chi connectivity index (χ3n) is 4.03. The van der Waals surface area contributed by atoms with Gasteiger partial charge in [-0.1, -0.05) is 6.08 Å². The van der Waals surface area contributed by atoms with Crippen LogP contribution in [0.4, 0.5) is 0 Å². The molecule has 4 atom stereocenters. The summed E-state index contributed by atoms with van der Waals surface area (Å²) in [5.74, 6) is 3.08. The van der Waals surface area contributed by atoms with Gasteiger partial charge in [-0.25, -0.2) is 0 Å². The molecule has 2 rings (SSSR count). The molecule has 0 aromatic heterocycles. The van der Waals surface area contributed by atoms with Gasteiger partial charge in [0, 0.05) is 5.25 Å². The summed E-state index contributed by atoms with van der Waals surface area (Å²) >= 11 is 1.89. The van der Waals surface area contributed by atoms with Crippen LogP contribution in [0.5, 0.6) is 0 Å². The van der Waals surface area contributed by atoms with Crippen LogP contribution in [0, 0.1) is 17.8 Å². The fraction of sp³-hybridized carbons (Fsp3) is 0.833. The summed E-state index contributed by atoms with van der Waals surface area (Å²) in [5.41, 5.74) is 0. The SMILES string of the molecule is C=C[C@@H]1C[C@H]2C[C@@H]1C[C@@H]2SCCCS(=O)(=O)O. The zero-order valence-electron chi connectivity index (χ0n) is 9.92. The van der Waals surface area contributed by atoms with Crippen molar-refractivity contribution in [3.05, 3.63) is 12.7 Å². The van der Waals surface area contributed by atoms with Gasteiger partial charge in [-0.3, -0.25) is 4.55 Å². The topological polar surface area (TPSA) is 54.4 Å². The fourth-order valence-electron chi connectivity index (χ4n) is 3.24. The summed E-state index contributed by atoms with van der Waals surface area (Å²) in [6, 6.07) is 0. The Labute approximate surface area is 108 Å². The lowest BCUT2D eigenvalue weighted by Gasteiger charge is -2.25. The molecular formula is C12H20O3S2. The Hall–Kier alpha value is -0.0000000000000000763. The first-order valence-electron chi connectivity index (χ1n) is 6.19. The summed E-state index contributed by atoms with van der Waals surface area (Å²) in [6.45, 7) is 3.89. The van der Waals surface area contributed by atoms with E-state index in [4.69, 9.17) is 4.55 Å². The Kier molecular flexibility index (Phi) is 4.21. The molecule has 0 unspecified atom stereocenters. The van der Waals surface area contributed by atoms with E-state index >= 15 is 0 Å². The van der Waals surface area contributed by atoms with Gasteiger partial charge in [-0.05, 0) is 49.2 Å². The molecule has 0 saturated heterocycles. The Balaban J connectivity index is 1.68. The van der Waals surface area contributed by atoms with Gasteiger partial charge in [-0.2, -0.15) is 20.2 Å². The van der Waals surface area contributed by atoms with Crippen molar-refractivity contribution >= 4 is 21.9 Å². The van der Waals surface area contributed by atoms with Crippen LogP contribution in [-0.2, 0) is 10.1 Å². The van der Waals surface area contributed by atoms with E-state index in [-0.39, 0.29) is 5.75 Å². The van der Waals surface area contributed by atoms with Gasteiger partial charge in [0.25, 0.3) is 10.1 Å². The lowest BCUT2D eigenvalue weighted by atomic mass is 9.89. The minimum Gasteiger partial charge on any atom is -0.286 e. The minimum absolute atomic E-state index is 0.101. The average molecular weight is 276 g/mol. The van der Waals surface area contributed by atoms with Crippen LogP contribution < -0.4 is 0 Å². The molecule has 0 spiro atoms. The van der Waals surface area contributed by atoms with Crippen LogP contribution in [0.25, 0.3) is 0 Å². The second-order valence-electron chi connectivity index (χ2n) is 5.18. The fourth-order valence-corrected chi connectivity index (χ4v) is 5.42. The number of hydrogen-bond donors (Lipinski definition) is 1. The lowest BCUT2D eigenvalue weighted by molar-refractivity contribution is 0.403. The van der Waals surface area contributed by atoms with Crippen LogP contribution in [0.3, 0.4) is 0 Å². The summed E-state index contributed by atoms with van der Waals surface area (Å²) in [5, 5.41) is 0.706. The molecule has 0 radical (unpaired) electrons. The van der Waals surface area contributed by atoms with E-state index in [9.17, 15) is 8.42 Å². The maximum Gasteiger partial charge on any atom is 0.264 e. The Morgan fingerprint density at radius 2 is 2.06 bits per heavy atom. The maximum absolute atomic E-state index is 10.6. The monoisotopic (exact) mass is 276 g/mol. The molecule has 2 bridgehead atoms. The van der Waals surface area contributed by atoms with Crippen molar-refractivity contribution in [2.24, 2.45) is 17.8 Å². The number of thioether (sulfide) groups is 1. The Morgan fingerprint density at radius 1 is 1.29 bits per heavy atom. The largest absolute Gasteiger partial charge is 0.286 e. The van der Waals surface area contributed by atoms with Gasteiger partial charge < -0.3 is 0 Å². The van der Waals surface area contributed by atoms with Gasteiger partial charge >= 0.3 is 0 Å². The first-order chi connectivity index (χ1) is 7.99. The summed E-state index contributed by atoms with van der Waals surface area (Å²) in [6.07, 6.45) is 6.51. The molecule has 2 fully saturated rings. The molecule has 0 aliphatic heterocycles. The standard InChI is InChI=1S/C12H20O3S2/c1-2-9-6-11-7-10(9)8-12(11)16-4-3-5-17(13,14)15/h2,9-12H,1,3-8H2,(H,13,14,15)/t9-,10-,11+,12+/m1/s1. The molecule has 3 nitrogen and oxygen atoms in total. The highest BCUT2D eigenvalue weighted by Crippen LogP contribution is 2.52. The van der Waals surface area contributed by atoms with Crippen LogP contribution in [0.2, 0.25) is 0 Å². The number of rotatable bonds is 6. The molecule has 2 aliphatic rings. The van der Waals surface area contributed by atoms with Gasteiger partial charge in [0.1, 0.15) is 0 Å². The van der Waals surface area contributed by atoms with Crippen LogP contribution in [0.15, 0.2) is 12.7 Å². The third-order valence-corrected chi connectivity index (χ3v) is 6.36. The summed E-state index contributed by atoms with van der Waals surface area (Å²) < 4.78 is 29.8. The second kappa shape index (κ2) is 5.33. The average Bonchev–Trinajstić information content (AvgIpc) is 2.81. The molecule has 2 saturated carbocycles. The van der Waals surface area contributed by atoms with E-state index in [1.54, 1.807) is 0 Å². The molecule has 0 heterocycles. The lowest BCUT2D eigenvalue weighted by Crippen LogP contribution is -2.19. The normalized spacial score (nSPS) is 36.3. The van der Waals surface area contributed by atoms with Crippen LogP contribution in [-0.4, -0.2) is 29.7 Å². The van der Waals surface area contributed by atoms with Gasteiger partial charge in [0.05, 0.1) is 5.75 Å². The first-order valence-corrected chi connectivity index (χ1v) is 8.84. The van der Waals surface area contributed by atoms with Crippen molar-refractivity contribution in [3.8, 4) is 0 Å². The molecule has 5 heteroatoms. The molecule has 2 aliphatic carbocycles. The summed E-state index contributed by atoms with van der Waals surface area (Å²) in [7, 11) is -3.77. The smallest absolute Gasteiger partial charge is 0.264 e. The van der Waals surface area contributed by atoms with Crippen molar-refractivity contribution in [1.29, 1.82) is 0 Å². The van der Waals surface area contributed by atoms with Crippen molar-refractivity contribution in [3.63, 3.8) is 0 Å². The maximum atomic E-state index is 10.6. The molecule has 0 aromatic rings. The zero-order valence-corrected chi connectivity index (χ0v) is 11.5. The summed E-state index contributed by atoms with van der Waals surface area (Å²) in [4.78, 5) is 0. The quantitative estimate of drug-likeness (QED) is 0.460. The molecular weight excluding hydrogens is 256 g/mol. The minimum atomic E-state index is -3.77. The second-order valence-corrected chi connectivity index (χ2v) is 8.09. The predicted octanol–water partition coefficient (Wildman–Crippen LogP) is 2.60. The molecule has 0 amide bonds. The zero-order chi connectivity index (χ0) is 12.5. The van der Waals surface area contributed by atoms with Gasteiger partial charge in [-0.15, -0.1) is 6.58 Å². The van der Waals surface area contributed by atoms with Crippen molar-refractivity contribution in [1.82, 2.24) is 0 Å². The van der Waals surface area contributed by atoms with E-state index in [1.165, 1.54) is 19.3 Å². The molecule has 0 aromatic carbocycles. The highest BCUT2D eigenvalue weighted by atomic mass is 32.2. The van der Waals surface area contributed by atoms with E-state index < -0.39 is 10.1 Å². The predicted molar refractivity (Wildman–Crippen MR) is 71.8 cm³/mol. The highest BCUT2D eigenvalue weighted by Gasteiger charge is 2.44. The third kappa shape index (κ3) is 3.48. The van der Waals surface area contributed by atoms with Crippen LogP contribution >= 0.6 is 11.8 Å². The van der Waals surface area contributed by atoms with E-state index in [0.717, 1.165) is 23.5 Å². The number of allylic oxidation sites excluding steroid dienone is 1. The highest BCUT2D eigenvalue weighted by molar-refractivity contribution is 7.99. The van der Waals surface area contributed by atoms with Gasteiger partial charge in [0.2, 0.25) is 0 Å². The molecule has 98 valence electrons. The van der Waals surface area contributed by atoms with Crippen LogP contribution in [0.1, 0.15) is 25.7 Å². The van der Waals surface area contributed by atoms with E-state index in [0.29, 0.717) is 11.7 Å². The van der Waals surface area contributed by atoms with E-state index in [1.807, 2.05) is 11.8 Å². The van der Waals surface area contributed by atoms with Crippen molar-refractivity contribution < 1.29 is 13.0 Å². The van der Waals surface area contributed by atoms with Crippen molar-refractivity contribution in [2.45, 2.75) is 30.9 Å². The first kappa shape index (κ1) is 13.4. The molecule has 1 N–H and O–H groups in total. The van der Waals surface area contributed by atoms with E-state index in [2.05, 4.69) is 12.7 Å². The van der Waals surface area contributed by atoms with Gasteiger partial charge in [0.15, 0.2) is 0 Å².